The van der Waals surface area contributed by atoms with E-state index < -0.39 is 36.5 Å². The molecule has 0 aliphatic rings. The number of carbonyl (C=O) groups excluding carboxylic acids is 3. The molecule has 1 aromatic carbocycles. The van der Waals surface area contributed by atoms with Gasteiger partial charge in [0.1, 0.15) is 0 Å². The summed E-state index contributed by atoms with van der Waals surface area (Å²) in [5.74, 6) is -3.06. The highest BCUT2D eigenvalue weighted by molar-refractivity contribution is 6.02. The molecule has 0 saturated heterocycles. The van der Waals surface area contributed by atoms with Crippen LogP contribution in [0.25, 0.3) is 5.78 Å². The van der Waals surface area contributed by atoms with Crippen LogP contribution in [0.4, 0.5) is 23.7 Å². The van der Waals surface area contributed by atoms with Crippen molar-refractivity contribution in [1.82, 2.24) is 24.9 Å². The molecule has 0 radical (unpaired) electrons. The van der Waals surface area contributed by atoms with Crippen LogP contribution in [0.2, 0.25) is 0 Å². The number of rotatable bonds is 6. The molecule has 0 aliphatic carbocycles. The number of ether oxygens (including phenoxy) is 1. The highest BCUT2D eigenvalue weighted by Crippen LogP contribution is 2.27. The summed E-state index contributed by atoms with van der Waals surface area (Å²) in [5.41, 5.74) is 3.62. The van der Waals surface area contributed by atoms with Gasteiger partial charge in [0.15, 0.2) is 6.61 Å². The van der Waals surface area contributed by atoms with Crippen LogP contribution in [-0.2, 0) is 26.9 Å². The van der Waals surface area contributed by atoms with Crippen LogP contribution in [0.5, 0.6) is 0 Å². The Morgan fingerprint density at radius 1 is 1.09 bits per heavy atom. The summed E-state index contributed by atoms with van der Waals surface area (Å²) in [7, 11) is 0. The molecular weight excluding hydrogens is 469 g/mol. The number of hydrogen-bond donors (Lipinski definition) is 2. The minimum absolute atomic E-state index is 0.0927. The summed E-state index contributed by atoms with van der Waals surface area (Å²) in [6, 6.07) is 4.61. The third kappa shape index (κ3) is 6.31. The van der Waals surface area contributed by atoms with Gasteiger partial charge in [-0.3, -0.25) is 14.9 Å². The van der Waals surface area contributed by atoms with E-state index in [2.05, 4.69) is 25.7 Å². The van der Waals surface area contributed by atoms with Crippen LogP contribution in [0, 0.1) is 27.7 Å². The fourth-order valence-electron chi connectivity index (χ4n) is 3.41. The van der Waals surface area contributed by atoms with E-state index in [0.29, 0.717) is 22.6 Å². The molecule has 10 nitrogen and oxygen atoms in total. The van der Waals surface area contributed by atoms with Gasteiger partial charge in [0, 0.05) is 23.5 Å². The highest BCUT2D eigenvalue weighted by Gasteiger charge is 2.37. The van der Waals surface area contributed by atoms with Crippen molar-refractivity contribution in [1.29, 1.82) is 0 Å². The summed E-state index contributed by atoms with van der Waals surface area (Å²) in [5, 5.41) is 8.05. The van der Waals surface area contributed by atoms with E-state index in [-0.39, 0.29) is 18.6 Å². The van der Waals surface area contributed by atoms with E-state index in [1.54, 1.807) is 32.9 Å². The monoisotopic (exact) mass is 492 g/mol. The summed E-state index contributed by atoms with van der Waals surface area (Å²) in [4.78, 5) is 43.4. The number of amides is 3. The van der Waals surface area contributed by atoms with Crippen molar-refractivity contribution in [2.24, 2.45) is 0 Å². The lowest BCUT2D eigenvalue weighted by atomic mass is 10.1. The molecule has 186 valence electrons. The predicted molar refractivity (Wildman–Crippen MR) is 118 cm³/mol. The second-order valence-electron chi connectivity index (χ2n) is 7.89. The number of fused-ring (bicyclic) bond motifs is 1. The number of halogens is 3. The lowest BCUT2D eigenvalue weighted by Gasteiger charge is -2.11. The lowest BCUT2D eigenvalue weighted by molar-refractivity contribution is -0.148. The molecule has 0 spiro atoms. The number of imide groups is 1. The number of urea groups is 1. The summed E-state index contributed by atoms with van der Waals surface area (Å²) in [6.07, 6.45) is -4.79. The maximum absolute atomic E-state index is 12.9. The first kappa shape index (κ1) is 25.6. The molecule has 0 saturated carbocycles. The van der Waals surface area contributed by atoms with E-state index in [1.165, 1.54) is 0 Å². The SMILES string of the molecule is Cc1ccc(NC(=O)NC(=O)COC(=O)CCc2c(C)nc3nc(C(F)(F)F)nn3c2C)c(C)c1. The van der Waals surface area contributed by atoms with Gasteiger partial charge in [-0.25, -0.2) is 14.3 Å². The van der Waals surface area contributed by atoms with Crippen LogP contribution in [0.3, 0.4) is 0 Å². The first-order valence-corrected chi connectivity index (χ1v) is 10.5. The molecule has 0 atom stereocenters. The van der Waals surface area contributed by atoms with Gasteiger partial charge in [-0.05, 0) is 51.3 Å². The number of aryl methyl sites for hydroxylation is 4. The number of anilines is 1. The molecular formula is C22H23F3N6O4. The van der Waals surface area contributed by atoms with E-state index in [4.69, 9.17) is 4.74 Å². The largest absolute Gasteiger partial charge is 0.456 e. The zero-order chi connectivity index (χ0) is 25.9. The number of alkyl halides is 3. The molecule has 2 aromatic heterocycles. The third-order valence-electron chi connectivity index (χ3n) is 5.13. The maximum Gasteiger partial charge on any atom is 0.453 e. The third-order valence-corrected chi connectivity index (χ3v) is 5.13. The second kappa shape index (κ2) is 10.1. The number of benzene rings is 1. The Morgan fingerprint density at radius 3 is 2.46 bits per heavy atom. The first-order chi connectivity index (χ1) is 16.3. The maximum atomic E-state index is 12.9. The Kier molecular flexibility index (Phi) is 7.37. The van der Waals surface area contributed by atoms with Gasteiger partial charge in [0.05, 0.1) is 0 Å². The van der Waals surface area contributed by atoms with E-state index in [1.807, 2.05) is 13.0 Å². The first-order valence-electron chi connectivity index (χ1n) is 10.5. The zero-order valence-electron chi connectivity index (χ0n) is 19.4. The molecule has 3 rings (SSSR count). The molecule has 35 heavy (non-hydrogen) atoms. The van der Waals surface area contributed by atoms with Gasteiger partial charge in [0.25, 0.3) is 17.5 Å². The van der Waals surface area contributed by atoms with Gasteiger partial charge >= 0.3 is 18.2 Å². The quantitative estimate of drug-likeness (QED) is 0.506. The number of carbonyl (C=O) groups is 3. The number of esters is 1. The molecule has 0 aliphatic heterocycles. The number of hydrogen-bond acceptors (Lipinski definition) is 7. The van der Waals surface area contributed by atoms with E-state index in [0.717, 1.165) is 15.6 Å². The Bertz CT molecular complexity index is 1300. The average molecular weight is 492 g/mol. The van der Waals surface area contributed by atoms with Crippen LogP contribution >= 0.6 is 0 Å². The van der Waals surface area contributed by atoms with Crippen molar-refractivity contribution < 1.29 is 32.3 Å². The van der Waals surface area contributed by atoms with Gasteiger partial charge in [-0.2, -0.15) is 18.2 Å². The van der Waals surface area contributed by atoms with Crippen LogP contribution in [0.1, 0.15) is 40.3 Å². The van der Waals surface area contributed by atoms with Gasteiger partial charge < -0.3 is 10.1 Å². The Hall–Kier alpha value is -4.03. The number of nitrogens with zero attached hydrogens (tertiary/aromatic N) is 4. The molecule has 0 fully saturated rings. The molecule has 3 amide bonds. The topological polar surface area (TPSA) is 128 Å². The standard InChI is InChI=1S/C22H23F3N6O4/c1-11-5-7-16(12(2)9-11)27-21(34)28-17(32)10-35-18(33)8-6-15-13(3)26-20-29-19(22(23,24)25)30-31(20)14(15)4/h5,7,9H,6,8,10H2,1-4H3,(H2,27,28,32,34). The van der Waals surface area contributed by atoms with E-state index >= 15 is 0 Å². The molecule has 13 heteroatoms. The van der Waals surface area contributed by atoms with E-state index in [9.17, 15) is 27.6 Å². The molecule has 2 N–H and O–H groups in total. The minimum atomic E-state index is -4.71. The zero-order valence-corrected chi connectivity index (χ0v) is 19.4. The Morgan fingerprint density at radius 2 is 1.80 bits per heavy atom. The molecule has 0 unspecified atom stereocenters. The van der Waals surface area contributed by atoms with Crippen molar-refractivity contribution in [3.8, 4) is 0 Å². The van der Waals surface area contributed by atoms with Gasteiger partial charge in [-0.15, -0.1) is 5.10 Å². The summed E-state index contributed by atoms with van der Waals surface area (Å²) < 4.78 is 44.6. The predicted octanol–water partition coefficient (Wildman–Crippen LogP) is 3.20. The molecule has 0 bridgehead atoms. The fraction of sp³-hybridized carbons (Fsp3) is 0.364. The smallest absolute Gasteiger partial charge is 0.453 e. The van der Waals surface area contributed by atoms with Crippen molar-refractivity contribution in [3.63, 3.8) is 0 Å². The van der Waals surface area contributed by atoms with Gasteiger partial charge in [0.2, 0.25) is 0 Å². The number of aromatic nitrogens is 4. The van der Waals surface area contributed by atoms with Gasteiger partial charge in [-0.1, -0.05) is 17.7 Å². The van der Waals surface area contributed by atoms with Crippen LogP contribution in [-0.4, -0.2) is 44.1 Å². The molecule has 2 heterocycles. The average Bonchev–Trinajstić information content (AvgIpc) is 3.19. The summed E-state index contributed by atoms with van der Waals surface area (Å²) >= 11 is 0. The van der Waals surface area contributed by atoms with Crippen LogP contribution < -0.4 is 10.6 Å². The number of nitrogens with one attached hydrogen (secondary N) is 2. The van der Waals surface area contributed by atoms with Crippen molar-refractivity contribution in [2.75, 3.05) is 11.9 Å². The minimum Gasteiger partial charge on any atom is -0.456 e. The fourth-order valence-corrected chi connectivity index (χ4v) is 3.41. The normalized spacial score (nSPS) is 11.4. The summed E-state index contributed by atoms with van der Waals surface area (Å²) in [6.45, 7) is 6.16. The highest BCUT2D eigenvalue weighted by atomic mass is 19.4. The lowest BCUT2D eigenvalue weighted by Crippen LogP contribution is -2.37. The van der Waals surface area contributed by atoms with Crippen molar-refractivity contribution >= 4 is 29.4 Å². The Balaban J connectivity index is 1.52. The second-order valence-corrected chi connectivity index (χ2v) is 7.89. The van der Waals surface area contributed by atoms with Crippen LogP contribution in [0.15, 0.2) is 18.2 Å². The van der Waals surface area contributed by atoms with Crippen molar-refractivity contribution in [3.05, 3.63) is 52.1 Å². The molecule has 3 aromatic rings. The van der Waals surface area contributed by atoms with Crippen molar-refractivity contribution in [2.45, 2.75) is 46.7 Å². The Labute approximate surface area is 197 Å².